The van der Waals surface area contributed by atoms with Crippen molar-refractivity contribution in [2.24, 2.45) is 5.41 Å². The lowest BCUT2D eigenvalue weighted by molar-refractivity contribution is 0.0922. The van der Waals surface area contributed by atoms with Crippen LogP contribution in [0.2, 0.25) is 5.02 Å². The first kappa shape index (κ1) is 17.0. The fourth-order valence-corrected chi connectivity index (χ4v) is 3.31. The van der Waals surface area contributed by atoms with Gasteiger partial charge in [0.15, 0.2) is 0 Å². The zero-order valence-electron chi connectivity index (χ0n) is 13.9. The van der Waals surface area contributed by atoms with Gasteiger partial charge < -0.3 is 10.6 Å². The molecule has 1 amide bonds. The normalized spacial score (nSPS) is 16.6. The number of rotatable bonds is 4. The first-order chi connectivity index (χ1) is 11.6. The average molecular weight is 343 g/mol. The molecule has 126 valence electrons. The highest BCUT2D eigenvalue weighted by Gasteiger charge is 2.27. The maximum absolute atomic E-state index is 12.6. The summed E-state index contributed by atoms with van der Waals surface area (Å²) in [5.74, 6) is -0.0995. The van der Waals surface area contributed by atoms with Crippen molar-refractivity contribution < 1.29 is 4.79 Å². The predicted octanol–water partition coefficient (Wildman–Crippen LogP) is 4.13. The summed E-state index contributed by atoms with van der Waals surface area (Å²) < 4.78 is 0. The topological polar surface area (TPSA) is 41.1 Å². The van der Waals surface area contributed by atoms with E-state index in [0.717, 1.165) is 37.1 Å². The maximum atomic E-state index is 12.6. The van der Waals surface area contributed by atoms with E-state index in [4.69, 9.17) is 11.6 Å². The van der Waals surface area contributed by atoms with Gasteiger partial charge in [-0.25, -0.2) is 0 Å². The van der Waals surface area contributed by atoms with Gasteiger partial charge in [-0.1, -0.05) is 54.9 Å². The quantitative estimate of drug-likeness (QED) is 0.877. The summed E-state index contributed by atoms with van der Waals surface area (Å²) in [6.45, 7) is 4.93. The molecule has 1 aliphatic rings. The van der Waals surface area contributed by atoms with Crippen molar-refractivity contribution in [2.45, 2.75) is 19.8 Å². The number of carbonyl (C=O) groups is 1. The number of benzene rings is 2. The fourth-order valence-electron chi connectivity index (χ4n) is 3.11. The molecule has 3 nitrogen and oxygen atoms in total. The van der Waals surface area contributed by atoms with Gasteiger partial charge in [-0.3, -0.25) is 4.79 Å². The first-order valence-corrected chi connectivity index (χ1v) is 8.79. The van der Waals surface area contributed by atoms with Crippen LogP contribution in [-0.4, -0.2) is 25.5 Å². The van der Waals surface area contributed by atoms with Gasteiger partial charge in [-0.2, -0.15) is 0 Å². The highest BCUT2D eigenvalue weighted by molar-refractivity contribution is 6.34. The number of amides is 1. The Morgan fingerprint density at radius 3 is 2.54 bits per heavy atom. The van der Waals surface area contributed by atoms with Gasteiger partial charge in [0.05, 0.1) is 10.6 Å². The SMILES string of the molecule is CC1(CNC(=O)c2cc(-c3ccccc3)ccc2Cl)CCNCC1. The number of hydrogen-bond acceptors (Lipinski definition) is 2. The van der Waals surface area contributed by atoms with Crippen LogP contribution in [-0.2, 0) is 0 Å². The van der Waals surface area contributed by atoms with Gasteiger partial charge in [0.25, 0.3) is 5.91 Å². The molecule has 1 fully saturated rings. The minimum atomic E-state index is -0.0995. The number of carbonyl (C=O) groups excluding carboxylic acids is 1. The monoisotopic (exact) mass is 342 g/mol. The Morgan fingerprint density at radius 2 is 1.83 bits per heavy atom. The third-order valence-corrected chi connectivity index (χ3v) is 5.13. The molecule has 24 heavy (non-hydrogen) atoms. The van der Waals surface area contributed by atoms with Crippen molar-refractivity contribution in [1.29, 1.82) is 0 Å². The lowest BCUT2D eigenvalue weighted by atomic mass is 9.81. The van der Waals surface area contributed by atoms with Crippen molar-refractivity contribution in [2.75, 3.05) is 19.6 Å². The second-order valence-corrected chi connectivity index (χ2v) is 7.21. The average Bonchev–Trinajstić information content (AvgIpc) is 2.61. The molecule has 2 aromatic carbocycles. The summed E-state index contributed by atoms with van der Waals surface area (Å²) in [7, 11) is 0. The smallest absolute Gasteiger partial charge is 0.252 e. The maximum Gasteiger partial charge on any atom is 0.252 e. The first-order valence-electron chi connectivity index (χ1n) is 8.41. The Labute approximate surface area is 148 Å². The molecular formula is C20H23ClN2O. The van der Waals surface area contributed by atoms with Crippen LogP contribution < -0.4 is 10.6 Å². The number of hydrogen-bond donors (Lipinski definition) is 2. The Hall–Kier alpha value is -1.84. The zero-order valence-corrected chi connectivity index (χ0v) is 14.7. The van der Waals surface area contributed by atoms with Crippen LogP contribution in [0.1, 0.15) is 30.1 Å². The molecule has 0 saturated carbocycles. The lowest BCUT2D eigenvalue weighted by Crippen LogP contribution is -2.42. The summed E-state index contributed by atoms with van der Waals surface area (Å²) >= 11 is 6.26. The van der Waals surface area contributed by atoms with Crippen LogP contribution in [0.25, 0.3) is 11.1 Å². The van der Waals surface area contributed by atoms with E-state index in [1.165, 1.54) is 0 Å². The van der Waals surface area contributed by atoms with E-state index in [0.29, 0.717) is 17.1 Å². The molecule has 0 atom stereocenters. The van der Waals surface area contributed by atoms with Crippen LogP contribution >= 0.6 is 11.6 Å². The molecule has 0 spiro atoms. The van der Waals surface area contributed by atoms with Gasteiger partial charge in [0.2, 0.25) is 0 Å². The lowest BCUT2D eigenvalue weighted by Gasteiger charge is -2.34. The van der Waals surface area contributed by atoms with E-state index in [2.05, 4.69) is 17.6 Å². The second kappa shape index (κ2) is 7.37. The second-order valence-electron chi connectivity index (χ2n) is 6.80. The number of nitrogens with one attached hydrogen (secondary N) is 2. The van der Waals surface area contributed by atoms with Crippen LogP contribution in [0.5, 0.6) is 0 Å². The van der Waals surface area contributed by atoms with Crippen LogP contribution in [0.4, 0.5) is 0 Å². The fraction of sp³-hybridized carbons (Fsp3) is 0.350. The molecule has 3 rings (SSSR count). The van der Waals surface area contributed by atoms with E-state index in [1.54, 1.807) is 6.07 Å². The summed E-state index contributed by atoms with van der Waals surface area (Å²) in [5, 5.41) is 6.93. The van der Waals surface area contributed by atoms with Gasteiger partial charge in [0, 0.05) is 6.54 Å². The van der Waals surface area contributed by atoms with Crippen molar-refractivity contribution in [3.8, 4) is 11.1 Å². The number of halogens is 1. The molecule has 1 aliphatic heterocycles. The molecule has 0 bridgehead atoms. The van der Waals surface area contributed by atoms with E-state index in [9.17, 15) is 4.79 Å². The van der Waals surface area contributed by atoms with E-state index in [1.807, 2.05) is 42.5 Å². The summed E-state index contributed by atoms with van der Waals surface area (Å²) in [6.07, 6.45) is 2.15. The largest absolute Gasteiger partial charge is 0.351 e. The molecule has 0 aliphatic carbocycles. The van der Waals surface area contributed by atoms with Crippen molar-refractivity contribution in [3.63, 3.8) is 0 Å². The Balaban J connectivity index is 1.74. The van der Waals surface area contributed by atoms with E-state index < -0.39 is 0 Å². The third kappa shape index (κ3) is 3.97. The molecule has 2 N–H and O–H groups in total. The van der Waals surface area contributed by atoms with Gasteiger partial charge in [-0.05, 0) is 54.6 Å². The molecule has 0 aromatic heterocycles. The summed E-state index contributed by atoms with van der Waals surface area (Å²) in [4.78, 5) is 12.6. The molecule has 1 heterocycles. The Kier molecular flexibility index (Phi) is 5.22. The molecule has 2 aromatic rings. The van der Waals surface area contributed by atoms with Crippen molar-refractivity contribution in [3.05, 3.63) is 59.1 Å². The van der Waals surface area contributed by atoms with E-state index >= 15 is 0 Å². The molecular weight excluding hydrogens is 320 g/mol. The number of piperidine rings is 1. The Bertz CT molecular complexity index is 709. The molecule has 0 unspecified atom stereocenters. The third-order valence-electron chi connectivity index (χ3n) is 4.80. The van der Waals surface area contributed by atoms with Gasteiger partial charge >= 0.3 is 0 Å². The highest BCUT2D eigenvalue weighted by Crippen LogP contribution is 2.28. The molecule has 4 heteroatoms. The van der Waals surface area contributed by atoms with Crippen LogP contribution in [0, 0.1) is 5.41 Å². The molecule has 1 saturated heterocycles. The van der Waals surface area contributed by atoms with Gasteiger partial charge in [0.1, 0.15) is 0 Å². The zero-order chi connectivity index (χ0) is 17.0. The molecule has 0 radical (unpaired) electrons. The highest BCUT2D eigenvalue weighted by atomic mass is 35.5. The minimum absolute atomic E-state index is 0.0995. The van der Waals surface area contributed by atoms with Crippen molar-refractivity contribution >= 4 is 17.5 Å². The van der Waals surface area contributed by atoms with E-state index in [-0.39, 0.29) is 11.3 Å². The van der Waals surface area contributed by atoms with Crippen LogP contribution in [0.15, 0.2) is 48.5 Å². The summed E-state index contributed by atoms with van der Waals surface area (Å²) in [6, 6.07) is 15.6. The predicted molar refractivity (Wildman–Crippen MR) is 99.4 cm³/mol. The Morgan fingerprint density at radius 1 is 1.12 bits per heavy atom. The van der Waals surface area contributed by atoms with Crippen LogP contribution in [0.3, 0.4) is 0 Å². The standard InChI is InChI=1S/C20H23ClN2O/c1-20(9-11-22-12-10-20)14-23-19(24)17-13-16(7-8-18(17)21)15-5-3-2-4-6-15/h2-8,13,22H,9-12,14H2,1H3,(H,23,24). The van der Waals surface area contributed by atoms with Crippen molar-refractivity contribution in [1.82, 2.24) is 10.6 Å². The van der Waals surface area contributed by atoms with Gasteiger partial charge in [-0.15, -0.1) is 0 Å². The summed E-state index contributed by atoms with van der Waals surface area (Å²) in [5.41, 5.74) is 2.77. The minimum Gasteiger partial charge on any atom is -0.351 e.